The van der Waals surface area contributed by atoms with Gasteiger partial charge in [-0.3, -0.25) is 4.98 Å². The minimum absolute atomic E-state index is 0.150. The van der Waals surface area contributed by atoms with Crippen LogP contribution in [-0.2, 0) is 4.74 Å². The fraction of sp³-hybridized carbons (Fsp3) is 0.333. The number of fused-ring (bicyclic) bond motifs is 1. The van der Waals surface area contributed by atoms with E-state index in [9.17, 15) is 0 Å². The molecule has 3 rings (SSSR count). The van der Waals surface area contributed by atoms with Gasteiger partial charge in [-0.25, -0.2) is 0 Å². The van der Waals surface area contributed by atoms with Crippen LogP contribution in [0.3, 0.4) is 0 Å². The molecule has 104 valence electrons. The number of aromatic nitrogens is 5. The number of rotatable bonds is 5. The molecule has 0 aromatic carbocycles. The van der Waals surface area contributed by atoms with Crippen LogP contribution >= 0.6 is 11.3 Å². The van der Waals surface area contributed by atoms with Crippen molar-refractivity contribution in [3.05, 3.63) is 29.5 Å². The molecule has 8 heteroatoms. The van der Waals surface area contributed by atoms with E-state index in [2.05, 4.69) is 20.3 Å². The van der Waals surface area contributed by atoms with E-state index >= 15 is 0 Å². The van der Waals surface area contributed by atoms with Gasteiger partial charge in [-0.2, -0.15) is 9.61 Å². The molecule has 0 saturated heterocycles. The van der Waals surface area contributed by atoms with Gasteiger partial charge in [0.05, 0.1) is 6.04 Å². The zero-order chi connectivity index (χ0) is 13.9. The number of nitrogens with zero attached hydrogens (tertiary/aromatic N) is 5. The lowest BCUT2D eigenvalue weighted by molar-refractivity contribution is 0.188. The molecule has 3 aromatic heterocycles. The van der Waals surface area contributed by atoms with E-state index in [0.717, 1.165) is 22.0 Å². The van der Waals surface area contributed by atoms with E-state index in [0.29, 0.717) is 12.4 Å². The smallest absolute Gasteiger partial charge is 0.235 e. The normalized spacial score (nSPS) is 12.9. The largest absolute Gasteiger partial charge is 0.385 e. The molecular weight excluding hydrogens is 276 g/mol. The molecule has 0 spiro atoms. The molecule has 2 N–H and O–H groups in total. The Hall–Kier alpha value is -1.90. The third-order valence-corrected chi connectivity index (χ3v) is 3.91. The molecule has 1 unspecified atom stereocenters. The van der Waals surface area contributed by atoms with Crippen LogP contribution in [0.5, 0.6) is 0 Å². The molecular formula is C12H14N6OS. The number of methoxy groups -OCH3 is 1. The number of pyridine rings is 1. The first-order valence-electron chi connectivity index (χ1n) is 6.16. The molecule has 7 nitrogen and oxygen atoms in total. The first kappa shape index (κ1) is 13.1. The van der Waals surface area contributed by atoms with Crippen LogP contribution in [0.25, 0.3) is 16.3 Å². The summed E-state index contributed by atoms with van der Waals surface area (Å²) in [6.45, 7) is 0.608. The van der Waals surface area contributed by atoms with Gasteiger partial charge < -0.3 is 10.5 Å². The second-order valence-electron chi connectivity index (χ2n) is 4.29. The summed E-state index contributed by atoms with van der Waals surface area (Å²) < 4.78 is 6.75. The van der Waals surface area contributed by atoms with E-state index in [-0.39, 0.29) is 6.04 Å². The number of nitrogens with two attached hydrogens (primary N) is 1. The van der Waals surface area contributed by atoms with Crippen molar-refractivity contribution >= 4 is 16.3 Å². The van der Waals surface area contributed by atoms with Gasteiger partial charge in [0.25, 0.3) is 0 Å². The molecule has 0 saturated carbocycles. The summed E-state index contributed by atoms with van der Waals surface area (Å²) in [5.41, 5.74) is 6.96. The fourth-order valence-electron chi connectivity index (χ4n) is 1.82. The van der Waals surface area contributed by atoms with Crippen molar-refractivity contribution in [2.75, 3.05) is 13.7 Å². The lowest BCUT2D eigenvalue weighted by Gasteiger charge is -2.05. The van der Waals surface area contributed by atoms with Crippen LogP contribution in [0.4, 0.5) is 0 Å². The highest BCUT2D eigenvalue weighted by Crippen LogP contribution is 2.24. The van der Waals surface area contributed by atoms with Gasteiger partial charge in [-0.05, 0) is 18.6 Å². The first-order chi connectivity index (χ1) is 9.79. The van der Waals surface area contributed by atoms with Crippen molar-refractivity contribution in [1.29, 1.82) is 0 Å². The van der Waals surface area contributed by atoms with Gasteiger partial charge >= 0.3 is 0 Å². The van der Waals surface area contributed by atoms with Crippen LogP contribution in [-0.4, -0.2) is 38.5 Å². The van der Waals surface area contributed by atoms with Crippen LogP contribution in [0, 0.1) is 0 Å². The Kier molecular flexibility index (Phi) is 3.68. The summed E-state index contributed by atoms with van der Waals surface area (Å²) in [6.07, 6.45) is 4.18. The third-order valence-electron chi connectivity index (χ3n) is 2.88. The van der Waals surface area contributed by atoms with Crippen molar-refractivity contribution in [1.82, 2.24) is 24.8 Å². The number of hydrogen-bond donors (Lipinski definition) is 1. The third kappa shape index (κ3) is 2.40. The molecule has 0 bridgehead atoms. The molecule has 0 amide bonds. The minimum Gasteiger partial charge on any atom is -0.385 e. The van der Waals surface area contributed by atoms with E-state index in [4.69, 9.17) is 10.5 Å². The van der Waals surface area contributed by atoms with Crippen molar-refractivity contribution in [3.63, 3.8) is 0 Å². The maximum atomic E-state index is 6.09. The van der Waals surface area contributed by atoms with Crippen LogP contribution in [0.15, 0.2) is 24.5 Å². The van der Waals surface area contributed by atoms with E-state index in [1.165, 1.54) is 11.3 Å². The lowest BCUT2D eigenvalue weighted by atomic mass is 10.2. The molecule has 0 aliphatic rings. The summed E-state index contributed by atoms with van der Waals surface area (Å²) in [5.74, 6) is 0.676. The van der Waals surface area contributed by atoms with Gasteiger partial charge in [0, 0.05) is 31.7 Å². The molecule has 0 radical (unpaired) electrons. The van der Waals surface area contributed by atoms with Gasteiger partial charge in [0.1, 0.15) is 5.01 Å². The van der Waals surface area contributed by atoms with Crippen LogP contribution in [0.2, 0.25) is 0 Å². The predicted octanol–water partition coefficient (Wildman–Crippen LogP) is 1.28. The fourth-order valence-corrected chi connectivity index (χ4v) is 2.70. The second-order valence-corrected chi connectivity index (χ2v) is 5.28. The van der Waals surface area contributed by atoms with Crippen molar-refractivity contribution in [2.24, 2.45) is 5.73 Å². The molecule has 3 heterocycles. The molecule has 0 fully saturated rings. The Morgan fingerprint density at radius 1 is 1.45 bits per heavy atom. The second kappa shape index (κ2) is 5.61. The number of hydrogen-bond acceptors (Lipinski definition) is 7. The predicted molar refractivity (Wildman–Crippen MR) is 75.3 cm³/mol. The average Bonchev–Trinajstić information content (AvgIpc) is 3.05. The Morgan fingerprint density at radius 2 is 2.35 bits per heavy atom. The summed E-state index contributed by atoms with van der Waals surface area (Å²) >= 11 is 1.45. The topological polar surface area (TPSA) is 91.2 Å². The van der Waals surface area contributed by atoms with Crippen LogP contribution in [0.1, 0.15) is 17.5 Å². The molecule has 0 aliphatic heterocycles. The molecule has 3 aromatic rings. The molecule has 1 atom stereocenters. The van der Waals surface area contributed by atoms with E-state index in [1.807, 2.05) is 12.1 Å². The minimum atomic E-state index is -0.150. The zero-order valence-corrected chi connectivity index (χ0v) is 11.7. The van der Waals surface area contributed by atoms with Crippen molar-refractivity contribution < 1.29 is 4.74 Å². The highest BCUT2D eigenvalue weighted by molar-refractivity contribution is 7.16. The summed E-state index contributed by atoms with van der Waals surface area (Å²) in [4.78, 5) is 4.81. The standard InChI is InChI=1S/C12H14N6OS/c1-19-6-4-9(13)11-17-18-10(15-16-12(18)20-11)8-3-2-5-14-7-8/h2-3,5,7,9H,4,6,13H2,1H3. The monoisotopic (exact) mass is 290 g/mol. The highest BCUT2D eigenvalue weighted by Gasteiger charge is 2.17. The Morgan fingerprint density at radius 3 is 3.10 bits per heavy atom. The Bertz CT molecular complexity index is 694. The van der Waals surface area contributed by atoms with Crippen molar-refractivity contribution in [3.8, 4) is 11.4 Å². The lowest BCUT2D eigenvalue weighted by Crippen LogP contribution is -2.12. The van der Waals surface area contributed by atoms with E-state index < -0.39 is 0 Å². The molecule has 20 heavy (non-hydrogen) atoms. The highest BCUT2D eigenvalue weighted by atomic mass is 32.1. The number of ether oxygens (including phenoxy) is 1. The van der Waals surface area contributed by atoms with Crippen molar-refractivity contribution in [2.45, 2.75) is 12.5 Å². The van der Waals surface area contributed by atoms with Gasteiger partial charge in [0.15, 0.2) is 5.82 Å². The first-order valence-corrected chi connectivity index (χ1v) is 6.98. The van der Waals surface area contributed by atoms with Gasteiger partial charge in [0.2, 0.25) is 4.96 Å². The maximum absolute atomic E-state index is 6.09. The van der Waals surface area contributed by atoms with Gasteiger partial charge in [-0.1, -0.05) is 11.3 Å². The van der Waals surface area contributed by atoms with Gasteiger partial charge in [-0.15, -0.1) is 10.2 Å². The zero-order valence-electron chi connectivity index (χ0n) is 10.9. The average molecular weight is 290 g/mol. The molecule has 0 aliphatic carbocycles. The summed E-state index contributed by atoms with van der Waals surface area (Å²) in [5, 5.41) is 13.6. The van der Waals surface area contributed by atoms with E-state index in [1.54, 1.807) is 24.0 Å². The maximum Gasteiger partial charge on any atom is 0.235 e. The quantitative estimate of drug-likeness (QED) is 0.761. The Labute approximate surface area is 119 Å². The Balaban J connectivity index is 1.95. The summed E-state index contributed by atoms with van der Waals surface area (Å²) in [7, 11) is 1.66. The summed E-state index contributed by atoms with van der Waals surface area (Å²) in [6, 6.07) is 3.63. The SMILES string of the molecule is COCCC(N)c1nn2c(-c3cccnc3)nnc2s1. The van der Waals surface area contributed by atoms with Crippen LogP contribution < -0.4 is 5.73 Å².